The number of hydrogen-bond acceptors (Lipinski definition) is 5. The van der Waals surface area contributed by atoms with Gasteiger partial charge in [-0.05, 0) is 48.7 Å². The summed E-state index contributed by atoms with van der Waals surface area (Å²) in [5.41, 5.74) is 3.13. The van der Waals surface area contributed by atoms with Crippen LogP contribution >= 0.6 is 22.7 Å². The molecular weight excluding hydrogens is 388 g/mol. The van der Waals surface area contributed by atoms with Gasteiger partial charge >= 0.3 is 0 Å². The third-order valence-corrected chi connectivity index (χ3v) is 6.48. The van der Waals surface area contributed by atoms with Crippen LogP contribution in [0.15, 0.2) is 35.0 Å². The van der Waals surface area contributed by atoms with Gasteiger partial charge < -0.3 is 4.90 Å². The molecule has 3 rings (SSSR count). The van der Waals surface area contributed by atoms with E-state index in [-0.39, 0.29) is 5.91 Å². The fourth-order valence-corrected chi connectivity index (χ4v) is 4.71. The molecule has 3 heterocycles. The average Bonchev–Trinajstić information content (AvgIpc) is 3.42. The Kier molecular flexibility index (Phi) is 7.01. The summed E-state index contributed by atoms with van der Waals surface area (Å²) in [6.07, 6.45) is 1.58. The molecule has 0 unspecified atom stereocenters. The van der Waals surface area contributed by atoms with Gasteiger partial charge in [-0.1, -0.05) is 12.1 Å². The SMILES string of the molecule is Cc1nn(CCC#N)c(C)c1CCC(=O)N(Cc1cccs1)Cc1cccs1. The highest BCUT2D eigenvalue weighted by atomic mass is 32.1. The third kappa shape index (κ3) is 5.09. The molecule has 3 aromatic rings. The number of nitriles is 1. The first-order valence-corrected chi connectivity index (χ1v) is 11.1. The molecule has 0 fully saturated rings. The smallest absolute Gasteiger partial charge is 0.223 e. The Morgan fingerprint density at radius 3 is 2.36 bits per heavy atom. The molecule has 0 saturated heterocycles. The Balaban J connectivity index is 1.68. The van der Waals surface area contributed by atoms with Gasteiger partial charge in [0.1, 0.15) is 0 Å². The average molecular weight is 413 g/mol. The maximum atomic E-state index is 13.0. The van der Waals surface area contributed by atoms with Gasteiger partial charge in [0.15, 0.2) is 0 Å². The van der Waals surface area contributed by atoms with E-state index >= 15 is 0 Å². The van der Waals surface area contributed by atoms with Crippen LogP contribution < -0.4 is 0 Å². The van der Waals surface area contributed by atoms with Crippen LogP contribution in [0.1, 0.15) is 39.5 Å². The third-order valence-electron chi connectivity index (χ3n) is 4.76. The second-order valence-electron chi connectivity index (χ2n) is 6.69. The topological polar surface area (TPSA) is 61.9 Å². The second-order valence-corrected chi connectivity index (χ2v) is 8.75. The van der Waals surface area contributed by atoms with E-state index < -0.39 is 0 Å². The van der Waals surface area contributed by atoms with Crippen LogP contribution in [0.5, 0.6) is 0 Å². The summed E-state index contributed by atoms with van der Waals surface area (Å²) in [5, 5.41) is 17.4. The number of carbonyl (C=O) groups is 1. The number of carbonyl (C=O) groups excluding carboxylic acids is 1. The van der Waals surface area contributed by atoms with Gasteiger partial charge in [-0.15, -0.1) is 22.7 Å². The van der Waals surface area contributed by atoms with Crippen molar-refractivity contribution in [2.45, 2.75) is 52.7 Å². The van der Waals surface area contributed by atoms with E-state index in [0.29, 0.717) is 38.9 Å². The summed E-state index contributed by atoms with van der Waals surface area (Å²) in [5.74, 6) is 0.158. The summed E-state index contributed by atoms with van der Waals surface area (Å²) < 4.78 is 1.88. The van der Waals surface area contributed by atoms with Crippen molar-refractivity contribution in [1.82, 2.24) is 14.7 Å². The summed E-state index contributed by atoms with van der Waals surface area (Å²) in [7, 11) is 0. The van der Waals surface area contributed by atoms with Gasteiger partial charge in [0.25, 0.3) is 0 Å². The van der Waals surface area contributed by atoms with Crippen LogP contribution in [0.3, 0.4) is 0 Å². The molecule has 0 radical (unpaired) electrons. The molecule has 0 aliphatic carbocycles. The lowest BCUT2D eigenvalue weighted by molar-refractivity contribution is -0.132. The van der Waals surface area contributed by atoms with Crippen LogP contribution in [-0.4, -0.2) is 20.6 Å². The monoisotopic (exact) mass is 412 g/mol. The van der Waals surface area contributed by atoms with Crippen molar-refractivity contribution in [3.05, 3.63) is 61.7 Å². The lowest BCUT2D eigenvalue weighted by Crippen LogP contribution is -2.29. The fourth-order valence-electron chi connectivity index (χ4n) is 3.27. The zero-order valence-corrected chi connectivity index (χ0v) is 17.9. The van der Waals surface area contributed by atoms with Crippen molar-refractivity contribution in [2.75, 3.05) is 0 Å². The Bertz CT molecular complexity index is 900. The number of rotatable bonds is 9. The van der Waals surface area contributed by atoms with Gasteiger partial charge in [-0.25, -0.2) is 0 Å². The number of thiophene rings is 2. The van der Waals surface area contributed by atoms with Crippen LogP contribution in [0.4, 0.5) is 0 Å². The summed E-state index contributed by atoms with van der Waals surface area (Å²) in [6, 6.07) is 10.4. The molecule has 0 aliphatic heterocycles. The molecule has 0 bridgehead atoms. The molecule has 146 valence electrons. The molecule has 0 spiro atoms. The van der Waals surface area contributed by atoms with Gasteiger partial charge in [0.05, 0.1) is 37.8 Å². The maximum Gasteiger partial charge on any atom is 0.223 e. The number of amides is 1. The van der Waals surface area contributed by atoms with E-state index in [4.69, 9.17) is 5.26 Å². The molecule has 0 saturated carbocycles. The lowest BCUT2D eigenvalue weighted by atomic mass is 10.1. The van der Waals surface area contributed by atoms with Crippen LogP contribution in [0.2, 0.25) is 0 Å². The zero-order chi connectivity index (χ0) is 19.9. The molecule has 0 N–H and O–H groups in total. The highest BCUT2D eigenvalue weighted by molar-refractivity contribution is 7.10. The van der Waals surface area contributed by atoms with E-state index in [1.54, 1.807) is 22.7 Å². The first kappa shape index (κ1) is 20.3. The zero-order valence-electron chi connectivity index (χ0n) is 16.2. The van der Waals surface area contributed by atoms with Gasteiger partial charge in [0.2, 0.25) is 5.91 Å². The quantitative estimate of drug-likeness (QED) is 0.512. The van der Waals surface area contributed by atoms with Crippen molar-refractivity contribution in [3.63, 3.8) is 0 Å². The first-order chi connectivity index (χ1) is 13.6. The van der Waals surface area contributed by atoms with Crippen molar-refractivity contribution in [1.29, 1.82) is 5.26 Å². The molecule has 1 amide bonds. The maximum absolute atomic E-state index is 13.0. The van der Waals surface area contributed by atoms with Gasteiger partial charge in [-0.2, -0.15) is 10.4 Å². The highest BCUT2D eigenvalue weighted by Crippen LogP contribution is 2.20. The normalized spacial score (nSPS) is 10.8. The van der Waals surface area contributed by atoms with Crippen molar-refractivity contribution in [3.8, 4) is 6.07 Å². The highest BCUT2D eigenvalue weighted by Gasteiger charge is 2.18. The number of aryl methyl sites for hydroxylation is 2. The Labute approximate surface area is 173 Å². The lowest BCUT2D eigenvalue weighted by Gasteiger charge is -2.21. The molecule has 7 heteroatoms. The van der Waals surface area contributed by atoms with Gasteiger partial charge in [0, 0.05) is 21.9 Å². The first-order valence-electron chi connectivity index (χ1n) is 9.31. The second kappa shape index (κ2) is 9.67. The van der Waals surface area contributed by atoms with E-state index in [2.05, 4.69) is 23.3 Å². The van der Waals surface area contributed by atoms with Crippen LogP contribution in [-0.2, 0) is 30.8 Å². The number of nitrogens with zero attached hydrogens (tertiary/aromatic N) is 4. The minimum absolute atomic E-state index is 0.158. The number of hydrogen-bond donors (Lipinski definition) is 0. The minimum atomic E-state index is 0.158. The summed E-state index contributed by atoms with van der Waals surface area (Å²) in [6.45, 7) is 5.89. The van der Waals surface area contributed by atoms with Crippen molar-refractivity contribution >= 4 is 28.6 Å². The molecule has 0 aliphatic rings. The Morgan fingerprint density at radius 1 is 1.18 bits per heavy atom. The Morgan fingerprint density at radius 2 is 1.82 bits per heavy atom. The number of aromatic nitrogens is 2. The summed E-state index contributed by atoms with van der Waals surface area (Å²) in [4.78, 5) is 17.4. The van der Waals surface area contributed by atoms with Crippen LogP contribution in [0, 0.1) is 25.2 Å². The van der Waals surface area contributed by atoms with E-state index in [9.17, 15) is 4.79 Å². The molecule has 3 aromatic heterocycles. The Hall–Kier alpha value is -2.43. The van der Waals surface area contributed by atoms with E-state index in [1.807, 2.05) is 46.3 Å². The van der Waals surface area contributed by atoms with Gasteiger partial charge in [-0.3, -0.25) is 9.48 Å². The minimum Gasteiger partial charge on any atom is -0.332 e. The molecule has 5 nitrogen and oxygen atoms in total. The van der Waals surface area contributed by atoms with E-state index in [1.165, 1.54) is 9.75 Å². The summed E-state index contributed by atoms with van der Waals surface area (Å²) >= 11 is 3.36. The predicted octanol–water partition coefficient (Wildman–Crippen LogP) is 4.70. The molecule has 0 aromatic carbocycles. The molecule has 0 atom stereocenters. The van der Waals surface area contributed by atoms with Crippen molar-refractivity contribution < 1.29 is 4.79 Å². The molecule has 28 heavy (non-hydrogen) atoms. The van der Waals surface area contributed by atoms with E-state index in [0.717, 1.165) is 17.0 Å². The standard InChI is InChI=1S/C21H24N4OS2/c1-16-20(17(2)25(23-16)11-5-10-22)8-9-21(26)24(14-18-6-3-12-27-18)15-19-7-4-13-28-19/h3-4,6-7,12-13H,5,8-9,11,14-15H2,1-2H3. The molecular formula is C21H24N4OS2. The van der Waals surface area contributed by atoms with Crippen molar-refractivity contribution in [2.24, 2.45) is 0 Å². The van der Waals surface area contributed by atoms with Crippen LogP contribution in [0.25, 0.3) is 0 Å². The predicted molar refractivity (Wildman–Crippen MR) is 113 cm³/mol. The largest absolute Gasteiger partial charge is 0.332 e. The fraction of sp³-hybridized carbons (Fsp3) is 0.381.